The largest absolute Gasteiger partial charge is 0.270 e. The molecule has 2 aromatic heterocycles. The second kappa shape index (κ2) is 3.41. The van der Waals surface area contributed by atoms with Crippen LogP contribution in [0.3, 0.4) is 0 Å². The highest BCUT2D eigenvalue weighted by Crippen LogP contribution is 2.16. The van der Waals surface area contributed by atoms with Crippen molar-refractivity contribution < 1.29 is 0 Å². The van der Waals surface area contributed by atoms with E-state index in [-0.39, 0.29) is 0 Å². The lowest BCUT2D eigenvalue weighted by Gasteiger charge is -1.89. The van der Waals surface area contributed by atoms with Gasteiger partial charge in [-0.3, -0.25) is 5.10 Å². The quantitative estimate of drug-likeness (QED) is 0.760. The van der Waals surface area contributed by atoms with Crippen LogP contribution in [0.15, 0.2) is 11.1 Å². The highest BCUT2D eigenvalue weighted by molar-refractivity contribution is 7.99. The van der Waals surface area contributed by atoms with Gasteiger partial charge in [-0.15, -0.1) is 16.9 Å². The van der Waals surface area contributed by atoms with Crippen molar-refractivity contribution in [3.8, 4) is 0 Å². The van der Waals surface area contributed by atoms with Gasteiger partial charge in [0.15, 0.2) is 11.5 Å². The number of fused-ring (bicyclic) bond motifs is 1. The van der Waals surface area contributed by atoms with Gasteiger partial charge in [0.2, 0.25) is 0 Å². The topological polar surface area (TPSA) is 46.0 Å². The summed E-state index contributed by atoms with van der Waals surface area (Å²) in [5.74, 6) is 1.95. The fourth-order valence-electron chi connectivity index (χ4n) is 1.18. The first-order valence-electron chi connectivity index (χ1n) is 4.41. The highest BCUT2D eigenvalue weighted by atomic mass is 32.2. The van der Waals surface area contributed by atoms with Crippen LogP contribution in [0.5, 0.6) is 0 Å². The molecular formula is C8H12N4S. The third-order valence-corrected chi connectivity index (χ3v) is 2.58. The standard InChI is InChI=1S/C8H12N4S/c1-3-6-9-7-5-8(13-4-2)11-12(7)10-6/h5,11H,3-4H2,1-2H3. The SMILES string of the molecule is CCSc1cc2nc(CC)nn2[nH]1. The van der Waals surface area contributed by atoms with E-state index in [0.29, 0.717) is 0 Å². The summed E-state index contributed by atoms with van der Waals surface area (Å²) >= 11 is 1.76. The molecule has 2 heterocycles. The minimum Gasteiger partial charge on any atom is -0.270 e. The fourth-order valence-corrected chi connectivity index (χ4v) is 1.83. The number of aromatic amines is 1. The number of nitrogens with one attached hydrogen (secondary N) is 1. The smallest absolute Gasteiger partial charge is 0.176 e. The maximum Gasteiger partial charge on any atom is 0.176 e. The van der Waals surface area contributed by atoms with Crippen LogP contribution in [0.1, 0.15) is 19.7 Å². The summed E-state index contributed by atoms with van der Waals surface area (Å²) in [6.07, 6.45) is 0.881. The number of H-pyrrole nitrogens is 1. The van der Waals surface area contributed by atoms with Crippen molar-refractivity contribution in [2.24, 2.45) is 0 Å². The predicted octanol–water partition coefficient (Wildman–Crippen LogP) is 1.73. The van der Waals surface area contributed by atoms with Crippen molar-refractivity contribution >= 4 is 17.4 Å². The van der Waals surface area contributed by atoms with Crippen LogP contribution >= 0.6 is 11.8 Å². The first kappa shape index (κ1) is 8.62. The zero-order valence-corrected chi connectivity index (χ0v) is 8.56. The zero-order chi connectivity index (χ0) is 9.26. The number of hydrogen-bond donors (Lipinski definition) is 1. The summed E-state index contributed by atoms with van der Waals surface area (Å²) in [7, 11) is 0. The molecule has 0 radical (unpaired) electrons. The Morgan fingerprint density at radius 1 is 1.54 bits per heavy atom. The monoisotopic (exact) mass is 196 g/mol. The summed E-state index contributed by atoms with van der Waals surface area (Å²) in [5, 5.41) is 8.55. The number of aryl methyl sites for hydroxylation is 1. The first-order valence-corrected chi connectivity index (χ1v) is 5.39. The number of nitrogens with zero attached hydrogens (tertiary/aromatic N) is 3. The molecule has 0 spiro atoms. The average molecular weight is 196 g/mol. The van der Waals surface area contributed by atoms with E-state index in [2.05, 4.69) is 29.0 Å². The molecule has 13 heavy (non-hydrogen) atoms. The van der Waals surface area contributed by atoms with Crippen molar-refractivity contribution in [1.82, 2.24) is 19.8 Å². The van der Waals surface area contributed by atoms with Gasteiger partial charge in [0.1, 0.15) is 0 Å². The van der Waals surface area contributed by atoms with Gasteiger partial charge < -0.3 is 0 Å². The van der Waals surface area contributed by atoms with Gasteiger partial charge in [0.25, 0.3) is 0 Å². The van der Waals surface area contributed by atoms with Crippen LogP contribution in [-0.4, -0.2) is 25.6 Å². The predicted molar refractivity (Wildman–Crippen MR) is 53.1 cm³/mol. The van der Waals surface area contributed by atoms with Crippen molar-refractivity contribution in [3.63, 3.8) is 0 Å². The number of aromatic nitrogens is 4. The van der Waals surface area contributed by atoms with Gasteiger partial charge in [-0.2, -0.15) is 4.63 Å². The molecule has 0 atom stereocenters. The molecule has 0 aromatic carbocycles. The van der Waals surface area contributed by atoms with Gasteiger partial charge >= 0.3 is 0 Å². The number of thioether (sulfide) groups is 1. The van der Waals surface area contributed by atoms with Crippen LogP contribution in [0.2, 0.25) is 0 Å². The second-order valence-corrected chi connectivity index (χ2v) is 4.01. The van der Waals surface area contributed by atoms with Crippen LogP contribution in [0.4, 0.5) is 0 Å². The van der Waals surface area contributed by atoms with Crippen molar-refractivity contribution in [3.05, 3.63) is 11.9 Å². The second-order valence-electron chi connectivity index (χ2n) is 2.70. The van der Waals surface area contributed by atoms with E-state index in [1.165, 1.54) is 0 Å². The molecule has 0 amide bonds. The summed E-state index contributed by atoms with van der Waals surface area (Å²) < 4.78 is 1.73. The molecule has 5 heteroatoms. The lowest BCUT2D eigenvalue weighted by atomic mass is 10.5. The third-order valence-electron chi connectivity index (χ3n) is 1.77. The molecule has 1 N–H and O–H groups in total. The molecular weight excluding hydrogens is 184 g/mol. The van der Waals surface area contributed by atoms with E-state index in [4.69, 9.17) is 0 Å². The summed E-state index contributed by atoms with van der Waals surface area (Å²) in [6, 6.07) is 2.03. The van der Waals surface area contributed by atoms with Gasteiger partial charge in [-0.25, -0.2) is 4.98 Å². The van der Waals surface area contributed by atoms with Crippen LogP contribution in [0.25, 0.3) is 5.65 Å². The molecule has 0 aliphatic carbocycles. The van der Waals surface area contributed by atoms with E-state index < -0.39 is 0 Å². The number of rotatable bonds is 3. The Morgan fingerprint density at radius 2 is 2.38 bits per heavy atom. The molecule has 0 aliphatic rings. The van der Waals surface area contributed by atoms with E-state index in [9.17, 15) is 0 Å². The molecule has 0 saturated heterocycles. The van der Waals surface area contributed by atoms with Crippen molar-refractivity contribution in [2.75, 3.05) is 5.75 Å². The van der Waals surface area contributed by atoms with Gasteiger partial charge in [-0.05, 0) is 5.75 Å². The summed E-state index contributed by atoms with van der Waals surface area (Å²) in [4.78, 5) is 4.34. The molecule has 0 saturated carbocycles. The van der Waals surface area contributed by atoms with Crippen LogP contribution in [0, 0.1) is 0 Å². The minimum atomic E-state index is 0.881. The fraction of sp³-hybridized carbons (Fsp3) is 0.500. The molecule has 4 nitrogen and oxygen atoms in total. The Kier molecular flexibility index (Phi) is 2.26. The van der Waals surface area contributed by atoms with Crippen molar-refractivity contribution in [2.45, 2.75) is 25.3 Å². The molecule has 2 rings (SSSR count). The van der Waals surface area contributed by atoms with Crippen molar-refractivity contribution in [1.29, 1.82) is 0 Å². The van der Waals surface area contributed by atoms with E-state index in [1.807, 2.05) is 6.07 Å². The van der Waals surface area contributed by atoms with E-state index in [0.717, 1.165) is 28.7 Å². The highest BCUT2D eigenvalue weighted by Gasteiger charge is 2.04. The molecule has 70 valence electrons. The summed E-state index contributed by atoms with van der Waals surface area (Å²) in [6.45, 7) is 4.18. The summed E-state index contributed by atoms with van der Waals surface area (Å²) in [5.41, 5.74) is 0.910. The van der Waals surface area contributed by atoms with Gasteiger partial charge in [0, 0.05) is 12.5 Å². The molecule has 0 bridgehead atoms. The molecule has 0 unspecified atom stereocenters. The molecule has 0 aliphatic heterocycles. The maximum atomic E-state index is 4.34. The van der Waals surface area contributed by atoms with E-state index in [1.54, 1.807) is 16.4 Å². The minimum absolute atomic E-state index is 0.881. The zero-order valence-electron chi connectivity index (χ0n) is 7.74. The number of hydrogen-bond acceptors (Lipinski definition) is 3. The Balaban J connectivity index is 2.36. The first-order chi connectivity index (χ1) is 6.33. The Labute approximate surface area is 80.7 Å². The van der Waals surface area contributed by atoms with Crippen LogP contribution in [-0.2, 0) is 6.42 Å². The lowest BCUT2D eigenvalue weighted by molar-refractivity contribution is 0.760. The third kappa shape index (κ3) is 1.56. The van der Waals surface area contributed by atoms with Gasteiger partial charge in [0.05, 0.1) is 5.03 Å². The van der Waals surface area contributed by atoms with Crippen LogP contribution < -0.4 is 0 Å². The molecule has 2 aromatic rings. The maximum absolute atomic E-state index is 4.34. The normalized spacial score (nSPS) is 11.2. The average Bonchev–Trinajstić information content (AvgIpc) is 2.61. The Hall–Kier alpha value is -0.970. The van der Waals surface area contributed by atoms with E-state index >= 15 is 0 Å². The lowest BCUT2D eigenvalue weighted by Crippen LogP contribution is -1.89. The Morgan fingerprint density at radius 3 is 3.00 bits per heavy atom. The van der Waals surface area contributed by atoms with Gasteiger partial charge in [-0.1, -0.05) is 13.8 Å². The molecule has 0 fully saturated rings. The Bertz CT molecular complexity index is 372.